The first-order chi connectivity index (χ1) is 18.5. The summed E-state index contributed by atoms with van der Waals surface area (Å²) in [5.74, 6) is 1.70. The maximum absolute atomic E-state index is 5.15. The normalized spacial score (nSPS) is 20.2. The molecule has 2 aromatic carbocycles. The van der Waals surface area contributed by atoms with Crippen molar-refractivity contribution in [3.63, 3.8) is 0 Å². The lowest BCUT2D eigenvalue weighted by atomic mass is 9.99. The van der Waals surface area contributed by atoms with Crippen LogP contribution in [0.1, 0.15) is 38.8 Å². The number of nitrogens with zero attached hydrogens (tertiary/aromatic N) is 7. The Labute approximate surface area is 222 Å². The van der Waals surface area contributed by atoms with Gasteiger partial charge < -0.3 is 10.2 Å². The van der Waals surface area contributed by atoms with Crippen LogP contribution >= 0.6 is 0 Å². The van der Waals surface area contributed by atoms with E-state index in [1.165, 1.54) is 22.8 Å². The van der Waals surface area contributed by atoms with Gasteiger partial charge in [-0.25, -0.2) is 15.0 Å². The molecule has 2 bridgehead atoms. The second kappa shape index (κ2) is 9.06. The second-order valence-corrected chi connectivity index (χ2v) is 10.8. The molecule has 2 fully saturated rings. The first kappa shape index (κ1) is 23.1. The number of nitrogens with one attached hydrogen (secondary N) is 1. The summed E-state index contributed by atoms with van der Waals surface area (Å²) in [7, 11) is 0. The molecule has 1 N–H and O–H groups in total. The van der Waals surface area contributed by atoms with Crippen LogP contribution in [0.2, 0.25) is 0 Å². The van der Waals surface area contributed by atoms with E-state index in [9.17, 15) is 0 Å². The van der Waals surface area contributed by atoms with Crippen molar-refractivity contribution in [3.8, 4) is 11.3 Å². The summed E-state index contributed by atoms with van der Waals surface area (Å²) in [6, 6.07) is 22.7. The minimum absolute atomic E-state index is 0.0930. The van der Waals surface area contributed by atoms with Crippen LogP contribution in [0.3, 0.4) is 0 Å². The molecule has 192 valence electrons. The molecule has 5 aromatic rings. The molecule has 2 aliphatic rings. The van der Waals surface area contributed by atoms with Crippen molar-refractivity contribution in [2.75, 3.05) is 23.3 Å². The van der Waals surface area contributed by atoms with Crippen molar-refractivity contribution < 1.29 is 0 Å². The van der Waals surface area contributed by atoms with Gasteiger partial charge in [0, 0.05) is 49.0 Å². The Kier molecular flexibility index (Phi) is 5.51. The van der Waals surface area contributed by atoms with Gasteiger partial charge in [0.15, 0.2) is 5.65 Å². The molecule has 2 saturated heterocycles. The Hall–Kier alpha value is -4.04. The fourth-order valence-corrected chi connectivity index (χ4v) is 6.32. The molecule has 2 unspecified atom stereocenters. The predicted octanol–water partition coefficient (Wildman–Crippen LogP) is 5.18. The van der Waals surface area contributed by atoms with Gasteiger partial charge in [0.25, 0.3) is 0 Å². The van der Waals surface area contributed by atoms with Gasteiger partial charge in [0.05, 0.1) is 11.7 Å². The van der Waals surface area contributed by atoms with Gasteiger partial charge in [-0.2, -0.15) is 9.61 Å². The van der Waals surface area contributed by atoms with E-state index < -0.39 is 0 Å². The number of fused-ring (bicyclic) bond motifs is 4. The van der Waals surface area contributed by atoms with Gasteiger partial charge in [0.1, 0.15) is 12.1 Å². The highest BCUT2D eigenvalue weighted by Gasteiger charge is 2.45. The molecule has 0 spiro atoms. The third-order valence-electron chi connectivity index (χ3n) is 8.16. The number of anilines is 2. The third kappa shape index (κ3) is 3.87. The lowest BCUT2D eigenvalue weighted by molar-refractivity contribution is 0.190. The molecule has 3 atom stereocenters. The van der Waals surface area contributed by atoms with E-state index in [1.807, 2.05) is 22.8 Å². The Bertz CT molecular complexity index is 1620. The Morgan fingerprint density at radius 2 is 1.79 bits per heavy atom. The highest BCUT2D eigenvalue weighted by molar-refractivity contribution is 5.86. The summed E-state index contributed by atoms with van der Waals surface area (Å²) in [5.41, 5.74) is 3.95. The van der Waals surface area contributed by atoms with E-state index in [4.69, 9.17) is 4.98 Å². The zero-order chi connectivity index (χ0) is 25.8. The van der Waals surface area contributed by atoms with Crippen molar-refractivity contribution in [1.82, 2.24) is 29.5 Å². The molecule has 8 heteroatoms. The van der Waals surface area contributed by atoms with Crippen LogP contribution < -0.4 is 10.2 Å². The lowest BCUT2D eigenvalue weighted by Gasteiger charge is -2.36. The smallest absolute Gasteiger partial charge is 0.229 e. The highest BCUT2D eigenvalue weighted by Crippen LogP contribution is 2.36. The molecule has 0 aliphatic carbocycles. The van der Waals surface area contributed by atoms with Gasteiger partial charge >= 0.3 is 0 Å². The fraction of sp³-hybridized carbons (Fsp3) is 0.333. The van der Waals surface area contributed by atoms with Gasteiger partial charge in [-0.05, 0) is 55.7 Å². The van der Waals surface area contributed by atoms with Crippen LogP contribution in [0, 0.1) is 0 Å². The summed E-state index contributed by atoms with van der Waals surface area (Å²) in [6.07, 6.45) is 4.64. The summed E-state index contributed by atoms with van der Waals surface area (Å²) in [6.45, 7) is 8.79. The number of piperazine rings is 1. The van der Waals surface area contributed by atoms with Crippen molar-refractivity contribution in [3.05, 3.63) is 78.8 Å². The number of likely N-dealkylation sites (tertiary alicyclic amines) is 1. The van der Waals surface area contributed by atoms with Crippen molar-refractivity contribution in [2.45, 2.75) is 51.4 Å². The van der Waals surface area contributed by atoms with Crippen LogP contribution in [-0.4, -0.2) is 60.7 Å². The summed E-state index contributed by atoms with van der Waals surface area (Å²) in [5, 5.41) is 10.6. The molecule has 3 aromatic heterocycles. The van der Waals surface area contributed by atoms with Crippen LogP contribution in [0.15, 0.2) is 73.2 Å². The topological polar surface area (TPSA) is 74.5 Å². The van der Waals surface area contributed by atoms with Crippen LogP contribution in [-0.2, 0) is 0 Å². The Morgan fingerprint density at radius 1 is 0.921 bits per heavy atom. The van der Waals surface area contributed by atoms with Crippen molar-refractivity contribution in [1.29, 1.82) is 0 Å². The van der Waals surface area contributed by atoms with E-state index >= 15 is 0 Å². The van der Waals surface area contributed by atoms with Crippen LogP contribution in [0.25, 0.3) is 27.7 Å². The average molecular weight is 505 g/mol. The molecule has 0 radical (unpaired) electrons. The first-order valence-corrected chi connectivity index (χ1v) is 13.5. The molecular formula is C30H32N8. The number of hydrogen-bond donors (Lipinski definition) is 1. The number of hydrogen-bond acceptors (Lipinski definition) is 7. The molecule has 5 heterocycles. The SMILES string of the molecule is CC(C)N1CC2CC1CN2c1nc(-c2ccnc(N[C@@H](C)c3cccc4ccccc34)c2)cc2ncnn12. The number of rotatable bonds is 6. The Morgan fingerprint density at radius 3 is 2.63 bits per heavy atom. The molecule has 7 rings (SSSR count). The predicted molar refractivity (Wildman–Crippen MR) is 151 cm³/mol. The first-order valence-electron chi connectivity index (χ1n) is 13.5. The van der Waals surface area contributed by atoms with Crippen molar-refractivity contribution in [2.24, 2.45) is 0 Å². The summed E-state index contributed by atoms with van der Waals surface area (Å²) in [4.78, 5) is 19.3. The van der Waals surface area contributed by atoms with Crippen molar-refractivity contribution >= 4 is 28.2 Å². The van der Waals surface area contributed by atoms with E-state index in [1.54, 1.807) is 6.33 Å². The molecule has 0 amide bonds. The monoisotopic (exact) mass is 504 g/mol. The van der Waals surface area contributed by atoms with Gasteiger partial charge in [0.2, 0.25) is 5.95 Å². The Balaban J connectivity index is 1.20. The lowest BCUT2D eigenvalue weighted by Crippen LogP contribution is -2.49. The average Bonchev–Trinajstić information content (AvgIpc) is 3.68. The molecule has 8 nitrogen and oxygen atoms in total. The van der Waals surface area contributed by atoms with Gasteiger partial charge in [-0.1, -0.05) is 42.5 Å². The summed E-state index contributed by atoms with van der Waals surface area (Å²) >= 11 is 0. The minimum atomic E-state index is 0.0930. The molecular weight excluding hydrogens is 472 g/mol. The maximum atomic E-state index is 5.15. The minimum Gasteiger partial charge on any atom is -0.364 e. The van der Waals surface area contributed by atoms with Crippen LogP contribution in [0.4, 0.5) is 11.8 Å². The van der Waals surface area contributed by atoms with Gasteiger partial charge in [-0.15, -0.1) is 0 Å². The fourth-order valence-electron chi connectivity index (χ4n) is 6.32. The standard InChI is InChI=1S/C30H32N8/c1-19(2)36-16-24-14-23(36)17-37(24)30-35-27(15-29-32-18-33-38(29)30)22-11-12-31-28(13-22)34-20(3)25-10-6-8-21-7-4-5-9-26(21)25/h4-13,15,18-20,23-24H,14,16-17H2,1-3H3,(H,31,34)/t20-,23?,24?/m0/s1. The maximum Gasteiger partial charge on any atom is 0.229 e. The van der Waals surface area contributed by atoms with Gasteiger partial charge in [-0.3, -0.25) is 4.90 Å². The zero-order valence-corrected chi connectivity index (χ0v) is 22.0. The third-order valence-corrected chi connectivity index (χ3v) is 8.16. The van der Waals surface area contributed by atoms with E-state index in [0.717, 1.165) is 41.8 Å². The van der Waals surface area contributed by atoms with Crippen LogP contribution in [0.5, 0.6) is 0 Å². The van der Waals surface area contributed by atoms with E-state index in [2.05, 4.69) is 99.5 Å². The van der Waals surface area contributed by atoms with E-state index in [-0.39, 0.29) is 6.04 Å². The number of benzene rings is 2. The molecule has 2 aliphatic heterocycles. The quantitative estimate of drug-likeness (QED) is 0.341. The zero-order valence-electron chi connectivity index (χ0n) is 22.0. The number of aromatic nitrogens is 5. The largest absolute Gasteiger partial charge is 0.364 e. The van der Waals surface area contributed by atoms with E-state index in [0.29, 0.717) is 18.1 Å². The number of pyridine rings is 1. The molecule has 0 saturated carbocycles. The summed E-state index contributed by atoms with van der Waals surface area (Å²) < 4.78 is 1.88. The second-order valence-electron chi connectivity index (χ2n) is 10.8. The highest BCUT2D eigenvalue weighted by atomic mass is 15.5. The molecule has 38 heavy (non-hydrogen) atoms.